The summed E-state index contributed by atoms with van der Waals surface area (Å²) in [5.41, 5.74) is -0.255. The molecule has 0 unspecified atom stereocenters. The normalized spacial score (nSPS) is 12.5. The van der Waals surface area contributed by atoms with Crippen LogP contribution in [0.25, 0.3) is 0 Å². The van der Waals surface area contributed by atoms with Crippen molar-refractivity contribution in [3.05, 3.63) is 11.6 Å². The van der Waals surface area contributed by atoms with Gasteiger partial charge in [-0.3, -0.25) is 0 Å². The summed E-state index contributed by atoms with van der Waals surface area (Å²) in [5.74, 6) is 0.299. The predicted octanol–water partition coefficient (Wildman–Crippen LogP) is 2.05. The highest BCUT2D eigenvalue weighted by Gasteiger charge is 2.25. The SMILES string of the molecule is Cn1c(C(F)F)nnc1C(C)(C)C. The second-order valence-corrected chi connectivity index (χ2v) is 3.99. The summed E-state index contributed by atoms with van der Waals surface area (Å²) in [5, 5.41) is 7.19. The quantitative estimate of drug-likeness (QED) is 0.677. The molecule has 0 radical (unpaired) electrons. The third-order valence-corrected chi connectivity index (χ3v) is 1.77. The first-order valence-electron chi connectivity index (χ1n) is 4.02. The molecule has 13 heavy (non-hydrogen) atoms. The van der Waals surface area contributed by atoms with Gasteiger partial charge in [0.1, 0.15) is 5.82 Å². The molecule has 0 aliphatic heterocycles. The molecule has 0 amide bonds. The molecule has 0 saturated carbocycles. The van der Waals surface area contributed by atoms with E-state index in [-0.39, 0.29) is 11.2 Å². The van der Waals surface area contributed by atoms with Gasteiger partial charge in [-0.2, -0.15) is 0 Å². The molecule has 1 aromatic heterocycles. The van der Waals surface area contributed by atoms with Crippen molar-refractivity contribution in [3.8, 4) is 0 Å². The van der Waals surface area contributed by atoms with Crippen LogP contribution in [0.4, 0.5) is 8.78 Å². The minimum Gasteiger partial charge on any atom is -0.313 e. The minimum absolute atomic E-state index is 0.255. The van der Waals surface area contributed by atoms with Crippen molar-refractivity contribution < 1.29 is 8.78 Å². The molecule has 74 valence electrons. The Morgan fingerprint density at radius 1 is 1.23 bits per heavy atom. The lowest BCUT2D eigenvalue weighted by Crippen LogP contribution is -2.18. The van der Waals surface area contributed by atoms with Gasteiger partial charge in [0.05, 0.1) is 0 Å². The Morgan fingerprint density at radius 3 is 2.00 bits per heavy atom. The van der Waals surface area contributed by atoms with Gasteiger partial charge in [-0.25, -0.2) is 8.78 Å². The summed E-state index contributed by atoms with van der Waals surface area (Å²) < 4.78 is 26.0. The van der Waals surface area contributed by atoms with Gasteiger partial charge in [-0.05, 0) is 0 Å². The van der Waals surface area contributed by atoms with E-state index in [4.69, 9.17) is 0 Å². The van der Waals surface area contributed by atoms with E-state index in [1.54, 1.807) is 7.05 Å². The molecule has 0 saturated heterocycles. The molecule has 0 spiro atoms. The number of rotatable bonds is 1. The molecule has 1 heterocycles. The highest BCUT2D eigenvalue weighted by Crippen LogP contribution is 2.23. The maximum Gasteiger partial charge on any atom is 0.297 e. The average Bonchev–Trinajstić information content (AvgIpc) is 2.28. The monoisotopic (exact) mass is 189 g/mol. The van der Waals surface area contributed by atoms with Gasteiger partial charge in [0.2, 0.25) is 0 Å². The summed E-state index contributed by atoms with van der Waals surface area (Å²) in [6.45, 7) is 5.73. The van der Waals surface area contributed by atoms with Crippen LogP contribution in [0.15, 0.2) is 0 Å². The van der Waals surface area contributed by atoms with Crippen LogP contribution in [0, 0.1) is 0 Å². The summed E-state index contributed by atoms with van der Waals surface area (Å²) in [4.78, 5) is 0. The summed E-state index contributed by atoms with van der Waals surface area (Å²) >= 11 is 0. The lowest BCUT2D eigenvalue weighted by atomic mass is 9.96. The molecule has 0 fully saturated rings. The number of hydrogen-bond acceptors (Lipinski definition) is 2. The van der Waals surface area contributed by atoms with E-state index in [1.807, 2.05) is 20.8 Å². The summed E-state index contributed by atoms with van der Waals surface area (Å²) in [6.07, 6.45) is -2.56. The van der Waals surface area contributed by atoms with Crippen molar-refractivity contribution in [3.63, 3.8) is 0 Å². The standard InChI is InChI=1S/C8H13F2N3/c1-8(2,3)7-12-11-6(5(9)10)13(7)4/h5H,1-4H3. The molecule has 3 nitrogen and oxygen atoms in total. The minimum atomic E-state index is -2.56. The number of aromatic nitrogens is 3. The van der Waals surface area contributed by atoms with Crippen molar-refractivity contribution in [2.45, 2.75) is 32.6 Å². The van der Waals surface area contributed by atoms with Gasteiger partial charge in [0, 0.05) is 12.5 Å². The lowest BCUT2D eigenvalue weighted by Gasteiger charge is -2.16. The Hall–Kier alpha value is -1.00. The van der Waals surface area contributed by atoms with E-state index >= 15 is 0 Å². The fourth-order valence-corrected chi connectivity index (χ4v) is 1.18. The summed E-state index contributed by atoms with van der Waals surface area (Å²) in [6, 6.07) is 0. The van der Waals surface area contributed by atoms with Crippen molar-refractivity contribution >= 4 is 0 Å². The third-order valence-electron chi connectivity index (χ3n) is 1.77. The van der Waals surface area contributed by atoms with Crippen molar-refractivity contribution in [1.82, 2.24) is 14.8 Å². The first-order valence-corrected chi connectivity index (χ1v) is 4.02. The fraction of sp³-hybridized carbons (Fsp3) is 0.750. The second kappa shape index (κ2) is 3.05. The third kappa shape index (κ3) is 1.84. The van der Waals surface area contributed by atoms with Crippen LogP contribution in [0.3, 0.4) is 0 Å². The first-order chi connectivity index (χ1) is 5.84. The van der Waals surface area contributed by atoms with E-state index in [1.165, 1.54) is 4.57 Å². The van der Waals surface area contributed by atoms with Crippen LogP contribution in [0.5, 0.6) is 0 Å². The Balaban J connectivity index is 3.14. The largest absolute Gasteiger partial charge is 0.313 e. The van der Waals surface area contributed by atoms with E-state index in [2.05, 4.69) is 10.2 Å². The van der Waals surface area contributed by atoms with E-state index < -0.39 is 6.43 Å². The van der Waals surface area contributed by atoms with Crippen molar-refractivity contribution in [2.75, 3.05) is 0 Å². The van der Waals surface area contributed by atoms with Gasteiger partial charge in [0.15, 0.2) is 5.82 Å². The molecule has 0 bridgehead atoms. The van der Waals surface area contributed by atoms with Crippen LogP contribution in [0.1, 0.15) is 38.8 Å². The van der Waals surface area contributed by atoms with E-state index in [9.17, 15) is 8.78 Å². The smallest absolute Gasteiger partial charge is 0.297 e. The Morgan fingerprint density at radius 2 is 1.77 bits per heavy atom. The molecular formula is C8H13F2N3. The van der Waals surface area contributed by atoms with Crippen molar-refractivity contribution in [1.29, 1.82) is 0 Å². The number of hydrogen-bond donors (Lipinski definition) is 0. The maximum absolute atomic E-state index is 12.3. The molecule has 0 N–H and O–H groups in total. The lowest BCUT2D eigenvalue weighted by molar-refractivity contribution is 0.136. The second-order valence-electron chi connectivity index (χ2n) is 3.99. The first kappa shape index (κ1) is 10.1. The van der Waals surface area contributed by atoms with Crippen LogP contribution >= 0.6 is 0 Å². The number of halogens is 2. The molecular weight excluding hydrogens is 176 g/mol. The Bertz CT molecular complexity index is 299. The van der Waals surface area contributed by atoms with Gasteiger partial charge < -0.3 is 4.57 Å². The molecule has 1 rings (SSSR count). The zero-order valence-corrected chi connectivity index (χ0v) is 8.17. The van der Waals surface area contributed by atoms with E-state index in [0.29, 0.717) is 5.82 Å². The van der Waals surface area contributed by atoms with Crippen LogP contribution in [0.2, 0.25) is 0 Å². The zero-order valence-electron chi connectivity index (χ0n) is 8.17. The van der Waals surface area contributed by atoms with Crippen LogP contribution < -0.4 is 0 Å². The molecule has 0 aliphatic carbocycles. The molecule has 5 heteroatoms. The Labute approximate surface area is 75.8 Å². The van der Waals surface area contributed by atoms with E-state index in [0.717, 1.165) is 0 Å². The molecule has 1 aromatic rings. The van der Waals surface area contributed by atoms with Gasteiger partial charge in [0.25, 0.3) is 6.43 Å². The zero-order chi connectivity index (χ0) is 10.2. The Kier molecular flexibility index (Phi) is 2.36. The fourth-order valence-electron chi connectivity index (χ4n) is 1.18. The van der Waals surface area contributed by atoms with Crippen molar-refractivity contribution in [2.24, 2.45) is 7.05 Å². The van der Waals surface area contributed by atoms with Crippen LogP contribution in [-0.2, 0) is 12.5 Å². The van der Waals surface area contributed by atoms with Gasteiger partial charge >= 0.3 is 0 Å². The maximum atomic E-state index is 12.3. The molecule has 0 aromatic carbocycles. The highest BCUT2D eigenvalue weighted by molar-refractivity contribution is 5.05. The molecule has 0 aliphatic rings. The highest BCUT2D eigenvalue weighted by atomic mass is 19.3. The summed E-state index contributed by atoms with van der Waals surface area (Å²) in [7, 11) is 1.56. The predicted molar refractivity (Wildman–Crippen MR) is 44.7 cm³/mol. The van der Waals surface area contributed by atoms with Gasteiger partial charge in [-0.1, -0.05) is 20.8 Å². The van der Waals surface area contributed by atoms with Crippen LogP contribution in [-0.4, -0.2) is 14.8 Å². The van der Waals surface area contributed by atoms with Gasteiger partial charge in [-0.15, -0.1) is 10.2 Å². The number of alkyl halides is 2. The number of nitrogens with zero attached hydrogens (tertiary/aromatic N) is 3. The average molecular weight is 189 g/mol. The molecule has 0 atom stereocenters. The topological polar surface area (TPSA) is 30.7 Å².